The van der Waals surface area contributed by atoms with E-state index >= 15 is 0 Å². The van der Waals surface area contributed by atoms with Crippen LogP contribution in [0.2, 0.25) is 0 Å². The van der Waals surface area contributed by atoms with E-state index in [0.717, 1.165) is 29.9 Å². The number of carbonyl (C=O) groups is 1. The lowest BCUT2D eigenvalue weighted by molar-refractivity contribution is -0.133. The second-order valence-corrected chi connectivity index (χ2v) is 11.0. The molecule has 8 heteroatoms. The summed E-state index contributed by atoms with van der Waals surface area (Å²) in [5.74, 6) is 0.787. The Labute approximate surface area is 164 Å². The highest BCUT2D eigenvalue weighted by Crippen LogP contribution is 2.33. The van der Waals surface area contributed by atoms with Gasteiger partial charge in [-0.05, 0) is 38.4 Å². The molecule has 2 fully saturated rings. The van der Waals surface area contributed by atoms with Crippen molar-refractivity contribution >= 4 is 37.3 Å². The van der Waals surface area contributed by atoms with Crippen LogP contribution in [0.25, 0.3) is 10.2 Å². The average molecular weight is 408 g/mol. The molecule has 3 heterocycles. The van der Waals surface area contributed by atoms with Gasteiger partial charge in [-0.2, -0.15) is 0 Å². The maximum atomic E-state index is 12.8. The second-order valence-electron chi connectivity index (χ2n) is 7.67. The van der Waals surface area contributed by atoms with Crippen LogP contribution in [0.15, 0.2) is 24.3 Å². The Hall–Kier alpha value is -1.51. The summed E-state index contributed by atoms with van der Waals surface area (Å²) in [4.78, 5) is 21.4. The van der Waals surface area contributed by atoms with Crippen molar-refractivity contribution in [1.29, 1.82) is 0 Å². The molecule has 1 aromatic heterocycles. The van der Waals surface area contributed by atoms with Gasteiger partial charge in [-0.3, -0.25) is 9.69 Å². The molecule has 0 unspecified atom stereocenters. The number of para-hydroxylation sites is 1. The molecule has 0 bridgehead atoms. The van der Waals surface area contributed by atoms with E-state index in [1.54, 1.807) is 11.3 Å². The summed E-state index contributed by atoms with van der Waals surface area (Å²) < 4.78 is 24.6. The number of thiazole rings is 1. The highest BCUT2D eigenvalue weighted by atomic mass is 32.2. The topological polar surface area (TPSA) is 70.6 Å². The number of aromatic nitrogens is 1. The van der Waals surface area contributed by atoms with E-state index in [0.29, 0.717) is 13.0 Å². The molecule has 27 heavy (non-hydrogen) atoms. The van der Waals surface area contributed by atoms with Crippen molar-refractivity contribution in [1.82, 2.24) is 14.8 Å². The van der Waals surface area contributed by atoms with Crippen LogP contribution in [0.5, 0.6) is 0 Å². The van der Waals surface area contributed by atoms with Crippen molar-refractivity contribution in [2.45, 2.75) is 31.2 Å². The lowest BCUT2D eigenvalue weighted by Gasteiger charge is -2.33. The van der Waals surface area contributed by atoms with Crippen LogP contribution in [0.3, 0.4) is 0 Å². The lowest BCUT2D eigenvalue weighted by Crippen LogP contribution is -2.46. The van der Waals surface area contributed by atoms with Crippen LogP contribution >= 0.6 is 11.3 Å². The number of benzene rings is 1. The molecule has 0 spiro atoms. The van der Waals surface area contributed by atoms with Crippen LogP contribution < -0.4 is 0 Å². The van der Waals surface area contributed by atoms with Gasteiger partial charge in [0, 0.05) is 25.0 Å². The molecule has 146 valence electrons. The van der Waals surface area contributed by atoms with Gasteiger partial charge in [-0.15, -0.1) is 11.3 Å². The number of nitrogens with zero attached hydrogens (tertiary/aromatic N) is 3. The molecule has 1 amide bonds. The first-order chi connectivity index (χ1) is 12.9. The number of amides is 1. The maximum absolute atomic E-state index is 12.8. The van der Waals surface area contributed by atoms with Gasteiger partial charge >= 0.3 is 0 Å². The predicted octanol–water partition coefficient (Wildman–Crippen LogP) is 2.12. The highest BCUT2D eigenvalue weighted by molar-refractivity contribution is 7.91. The first-order valence-corrected chi connectivity index (χ1v) is 12.1. The van der Waals surface area contributed by atoms with Gasteiger partial charge in [0.2, 0.25) is 5.91 Å². The number of likely N-dealkylation sites (tertiary alicyclic amines) is 1. The summed E-state index contributed by atoms with van der Waals surface area (Å²) in [6, 6.07) is 8.11. The molecule has 2 aliphatic heterocycles. The number of fused-ring (bicyclic) bond motifs is 1. The number of hydrogen-bond acceptors (Lipinski definition) is 6. The number of sulfone groups is 1. The minimum atomic E-state index is -2.93. The monoisotopic (exact) mass is 407 g/mol. The van der Waals surface area contributed by atoms with Crippen LogP contribution in [0, 0.1) is 0 Å². The van der Waals surface area contributed by atoms with E-state index in [9.17, 15) is 13.2 Å². The fourth-order valence-corrected chi connectivity index (χ4v) is 6.93. The molecule has 2 saturated heterocycles. The third-order valence-corrected chi connectivity index (χ3v) is 8.60. The van der Waals surface area contributed by atoms with Gasteiger partial charge in [-0.25, -0.2) is 13.4 Å². The molecule has 0 aliphatic carbocycles. The van der Waals surface area contributed by atoms with E-state index < -0.39 is 9.84 Å². The van der Waals surface area contributed by atoms with Gasteiger partial charge in [0.15, 0.2) is 9.84 Å². The molecular weight excluding hydrogens is 382 g/mol. The average Bonchev–Trinajstić information content (AvgIpc) is 3.24. The van der Waals surface area contributed by atoms with Crippen LogP contribution in [0.4, 0.5) is 0 Å². The minimum absolute atomic E-state index is 0.0381. The zero-order chi connectivity index (χ0) is 19.0. The maximum Gasteiger partial charge on any atom is 0.236 e. The Bertz CT molecular complexity index is 908. The van der Waals surface area contributed by atoms with E-state index in [4.69, 9.17) is 4.98 Å². The number of rotatable bonds is 4. The van der Waals surface area contributed by atoms with E-state index in [2.05, 4.69) is 6.07 Å². The van der Waals surface area contributed by atoms with Crippen molar-refractivity contribution in [2.75, 3.05) is 38.2 Å². The summed E-state index contributed by atoms with van der Waals surface area (Å²) >= 11 is 1.73. The SMILES string of the molecule is CN(CC(=O)N1CCC[C@H](c2nc3ccccc3s2)C1)[C@@H]1CCS(=O)(=O)C1. The number of piperidine rings is 1. The number of hydrogen-bond donors (Lipinski definition) is 0. The molecular formula is C19H25N3O3S2. The van der Waals surface area contributed by atoms with E-state index in [-0.39, 0.29) is 35.9 Å². The largest absolute Gasteiger partial charge is 0.341 e. The Morgan fingerprint density at radius 1 is 1.33 bits per heavy atom. The molecule has 6 nitrogen and oxygen atoms in total. The summed E-state index contributed by atoms with van der Waals surface area (Å²) in [5, 5.41) is 1.11. The van der Waals surface area contributed by atoms with Gasteiger partial charge in [0.05, 0.1) is 33.3 Å². The van der Waals surface area contributed by atoms with E-state index in [1.165, 1.54) is 4.70 Å². The molecule has 0 N–H and O–H groups in total. The van der Waals surface area contributed by atoms with Gasteiger partial charge < -0.3 is 4.90 Å². The van der Waals surface area contributed by atoms with Crippen molar-refractivity contribution < 1.29 is 13.2 Å². The number of likely N-dealkylation sites (N-methyl/N-ethyl adjacent to an activating group) is 1. The molecule has 2 atom stereocenters. The summed E-state index contributed by atoms with van der Waals surface area (Å²) in [7, 11) is -1.07. The fourth-order valence-electron chi connectivity index (χ4n) is 4.04. The molecule has 2 aromatic rings. The summed E-state index contributed by atoms with van der Waals surface area (Å²) in [5.41, 5.74) is 1.03. The third-order valence-electron chi connectivity index (χ3n) is 5.65. The van der Waals surface area contributed by atoms with Gasteiger partial charge in [0.25, 0.3) is 0 Å². The van der Waals surface area contributed by atoms with E-state index in [1.807, 2.05) is 35.0 Å². The molecule has 0 saturated carbocycles. The Balaban J connectivity index is 1.39. The highest BCUT2D eigenvalue weighted by Gasteiger charge is 2.33. The Morgan fingerprint density at radius 2 is 2.15 bits per heavy atom. The fraction of sp³-hybridized carbons (Fsp3) is 0.579. The zero-order valence-electron chi connectivity index (χ0n) is 15.5. The molecule has 2 aliphatic rings. The van der Waals surface area contributed by atoms with Gasteiger partial charge in [0.1, 0.15) is 0 Å². The molecule has 0 radical (unpaired) electrons. The number of carbonyl (C=O) groups excluding carboxylic acids is 1. The predicted molar refractivity (Wildman–Crippen MR) is 108 cm³/mol. The molecule has 1 aromatic carbocycles. The quantitative estimate of drug-likeness (QED) is 0.776. The third kappa shape index (κ3) is 4.17. The molecule has 4 rings (SSSR count). The smallest absolute Gasteiger partial charge is 0.236 e. The minimum Gasteiger partial charge on any atom is -0.341 e. The Kier molecular flexibility index (Phi) is 5.22. The normalized spacial score (nSPS) is 25.3. The van der Waals surface area contributed by atoms with Gasteiger partial charge in [-0.1, -0.05) is 12.1 Å². The van der Waals surface area contributed by atoms with Crippen LogP contribution in [-0.4, -0.2) is 73.3 Å². The zero-order valence-corrected chi connectivity index (χ0v) is 17.1. The standard InChI is InChI=1S/C19H25N3O3S2/c1-21(15-8-10-27(24,25)13-15)12-18(23)22-9-4-5-14(11-22)19-20-16-6-2-3-7-17(16)26-19/h2-3,6-7,14-15H,4-5,8-13H2,1H3/t14-,15+/m0/s1. The second kappa shape index (κ2) is 7.48. The lowest BCUT2D eigenvalue weighted by atomic mass is 9.98. The Morgan fingerprint density at radius 3 is 2.89 bits per heavy atom. The summed E-state index contributed by atoms with van der Waals surface area (Å²) in [6.07, 6.45) is 2.66. The first kappa shape index (κ1) is 18.8. The van der Waals surface area contributed by atoms with Crippen molar-refractivity contribution in [3.05, 3.63) is 29.3 Å². The van der Waals surface area contributed by atoms with Crippen LogP contribution in [-0.2, 0) is 14.6 Å². The first-order valence-electron chi connectivity index (χ1n) is 9.45. The van der Waals surface area contributed by atoms with Crippen molar-refractivity contribution in [2.24, 2.45) is 0 Å². The summed E-state index contributed by atoms with van der Waals surface area (Å²) in [6.45, 7) is 1.76. The van der Waals surface area contributed by atoms with Crippen molar-refractivity contribution in [3.8, 4) is 0 Å². The van der Waals surface area contributed by atoms with Crippen LogP contribution in [0.1, 0.15) is 30.2 Å². The van der Waals surface area contributed by atoms with Crippen molar-refractivity contribution in [3.63, 3.8) is 0 Å².